The number of ether oxygens (including phenoxy) is 1. The molecule has 2 aliphatic heterocycles. The number of likely N-dealkylation sites (tertiary alicyclic amines) is 1. The number of amides is 1. The van der Waals surface area contributed by atoms with Gasteiger partial charge in [0.2, 0.25) is 5.91 Å². The number of carbonyl (C=O) groups is 1. The molecule has 1 N–H and O–H groups in total. The van der Waals surface area contributed by atoms with E-state index >= 15 is 0 Å². The number of alkyl halides is 3. The van der Waals surface area contributed by atoms with Crippen molar-refractivity contribution in [2.75, 3.05) is 13.6 Å². The average Bonchev–Trinajstić information content (AvgIpc) is 3.21. The second kappa shape index (κ2) is 6.98. The van der Waals surface area contributed by atoms with Gasteiger partial charge >= 0.3 is 6.36 Å². The minimum atomic E-state index is -4.73. The summed E-state index contributed by atoms with van der Waals surface area (Å²) in [6, 6.07) is 7.22. The molecule has 6 nitrogen and oxygen atoms in total. The maximum atomic E-state index is 12.5. The van der Waals surface area contributed by atoms with Crippen LogP contribution in [0, 0.1) is 6.92 Å². The lowest BCUT2D eigenvalue weighted by molar-refractivity contribution is -0.274. The largest absolute Gasteiger partial charge is 0.573 e. The fraction of sp³-hybridized carbons (Fsp3) is 0.450. The summed E-state index contributed by atoms with van der Waals surface area (Å²) in [6.07, 6.45) is -2.48. The molecule has 2 atom stereocenters. The number of hydrogen-bond donors (Lipinski definition) is 1. The number of likely N-dealkylation sites (N-methyl/N-ethyl adjacent to an activating group) is 1. The molecule has 1 aromatic carbocycles. The van der Waals surface area contributed by atoms with E-state index in [2.05, 4.69) is 20.0 Å². The van der Waals surface area contributed by atoms with E-state index in [4.69, 9.17) is 0 Å². The first-order chi connectivity index (χ1) is 13.7. The summed E-state index contributed by atoms with van der Waals surface area (Å²) in [5, 5.41) is 3.44. The van der Waals surface area contributed by atoms with E-state index < -0.39 is 11.9 Å². The molecular formula is C20H21F3N4O2. The SMILES string of the molecule is Cc1cc(-c2ccc(OC(F)(F)F)cc2)nc([C@@H]2CC[C@]3(CCN(C)C3=O)N2)n1. The summed E-state index contributed by atoms with van der Waals surface area (Å²) in [4.78, 5) is 23.4. The third-order valence-electron chi connectivity index (χ3n) is 5.51. The van der Waals surface area contributed by atoms with Gasteiger partial charge in [-0.15, -0.1) is 13.2 Å². The van der Waals surface area contributed by atoms with E-state index in [-0.39, 0.29) is 17.7 Å². The first kappa shape index (κ1) is 19.6. The van der Waals surface area contributed by atoms with Crippen LogP contribution in [0.3, 0.4) is 0 Å². The van der Waals surface area contributed by atoms with Gasteiger partial charge in [0.05, 0.1) is 11.7 Å². The Morgan fingerprint density at radius 3 is 2.55 bits per heavy atom. The second-order valence-electron chi connectivity index (χ2n) is 7.62. The van der Waals surface area contributed by atoms with Gasteiger partial charge in [-0.3, -0.25) is 10.1 Å². The number of hydrogen-bond acceptors (Lipinski definition) is 5. The van der Waals surface area contributed by atoms with Crippen LogP contribution in [0.5, 0.6) is 5.75 Å². The topological polar surface area (TPSA) is 67.3 Å². The number of benzene rings is 1. The van der Waals surface area contributed by atoms with E-state index in [0.29, 0.717) is 17.1 Å². The van der Waals surface area contributed by atoms with Gasteiger partial charge in [0.15, 0.2) is 0 Å². The first-order valence-electron chi connectivity index (χ1n) is 9.40. The van der Waals surface area contributed by atoms with Crippen molar-refractivity contribution in [1.29, 1.82) is 0 Å². The van der Waals surface area contributed by atoms with Crippen LogP contribution in [0.1, 0.15) is 36.8 Å². The van der Waals surface area contributed by atoms with E-state index in [0.717, 1.165) is 31.5 Å². The number of halogens is 3. The third kappa shape index (κ3) is 3.91. The van der Waals surface area contributed by atoms with Crippen LogP contribution in [-0.4, -0.2) is 46.3 Å². The van der Waals surface area contributed by atoms with Crippen LogP contribution >= 0.6 is 0 Å². The summed E-state index contributed by atoms with van der Waals surface area (Å²) in [6.45, 7) is 2.57. The molecule has 1 amide bonds. The highest BCUT2D eigenvalue weighted by Crippen LogP contribution is 2.38. The van der Waals surface area contributed by atoms with Crippen molar-refractivity contribution in [1.82, 2.24) is 20.2 Å². The lowest BCUT2D eigenvalue weighted by atomic mass is 9.96. The standard InChI is InChI=1S/C20H21F3N4O2/c1-12-11-16(13-3-5-14(6-4-13)29-20(21,22)23)25-17(24-12)15-7-8-19(26-15)9-10-27(2)18(19)28/h3-6,11,15,26H,7-10H2,1-2H3/t15-,19+/m0/s1. The zero-order valence-electron chi connectivity index (χ0n) is 16.1. The highest BCUT2D eigenvalue weighted by molar-refractivity contribution is 5.88. The molecule has 2 aliphatic rings. The van der Waals surface area contributed by atoms with Crippen molar-refractivity contribution in [3.05, 3.63) is 41.9 Å². The number of carbonyl (C=O) groups excluding carboxylic acids is 1. The van der Waals surface area contributed by atoms with Gasteiger partial charge in [0, 0.05) is 24.8 Å². The first-order valence-corrected chi connectivity index (χ1v) is 9.40. The average molecular weight is 406 g/mol. The lowest BCUT2D eigenvalue weighted by Gasteiger charge is -2.23. The maximum Gasteiger partial charge on any atom is 0.573 e. The van der Waals surface area contributed by atoms with Crippen molar-refractivity contribution in [2.24, 2.45) is 0 Å². The third-order valence-corrected chi connectivity index (χ3v) is 5.51. The molecule has 2 fully saturated rings. The molecule has 0 aliphatic carbocycles. The fourth-order valence-electron chi connectivity index (χ4n) is 4.08. The molecule has 0 unspecified atom stereocenters. The molecule has 9 heteroatoms. The number of aromatic nitrogens is 2. The van der Waals surface area contributed by atoms with Gasteiger partial charge in [-0.2, -0.15) is 0 Å². The van der Waals surface area contributed by atoms with Gasteiger partial charge in [0.25, 0.3) is 0 Å². The number of rotatable bonds is 3. The Hall–Kier alpha value is -2.68. The highest BCUT2D eigenvalue weighted by atomic mass is 19.4. The number of nitrogens with one attached hydrogen (secondary N) is 1. The molecule has 0 radical (unpaired) electrons. The lowest BCUT2D eigenvalue weighted by Crippen LogP contribution is -2.47. The second-order valence-corrected chi connectivity index (χ2v) is 7.62. The molecule has 0 bridgehead atoms. The van der Waals surface area contributed by atoms with Crippen molar-refractivity contribution in [2.45, 2.75) is 44.1 Å². The minimum absolute atomic E-state index is 0.105. The summed E-state index contributed by atoms with van der Waals surface area (Å²) in [5.41, 5.74) is 1.49. The van der Waals surface area contributed by atoms with E-state index in [1.54, 1.807) is 18.0 Å². The molecule has 1 aromatic heterocycles. The molecule has 154 valence electrons. The van der Waals surface area contributed by atoms with E-state index in [1.807, 2.05) is 6.92 Å². The Labute approximate surface area is 166 Å². The van der Waals surface area contributed by atoms with Crippen LogP contribution in [0.15, 0.2) is 30.3 Å². The monoisotopic (exact) mass is 406 g/mol. The molecule has 1 spiro atoms. The zero-order chi connectivity index (χ0) is 20.8. The Kier molecular flexibility index (Phi) is 4.72. The van der Waals surface area contributed by atoms with Crippen LogP contribution in [0.25, 0.3) is 11.3 Å². The van der Waals surface area contributed by atoms with Crippen LogP contribution < -0.4 is 10.1 Å². The predicted octanol–water partition coefficient (Wildman–Crippen LogP) is 3.38. The van der Waals surface area contributed by atoms with Gasteiger partial charge in [0.1, 0.15) is 17.1 Å². The van der Waals surface area contributed by atoms with E-state index in [1.165, 1.54) is 24.3 Å². The molecular weight excluding hydrogens is 385 g/mol. The number of aryl methyl sites for hydroxylation is 1. The van der Waals surface area contributed by atoms with Crippen molar-refractivity contribution < 1.29 is 22.7 Å². The summed E-state index contributed by atoms with van der Waals surface area (Å²) in [5.74, 6) is 0.415. The van der Waals surface area contributed by atoms with Crippen LogP contribution in [0.4, 0.5) is 13.2 Å². The van der Waals surface area contributed by atoms with Gasteiger partial charge in [-0.25, -0.2) is 9.97 Å². The smallest absolute Gasteiger partial charge is 0.406 e. The molecule has 29 heavy (non-hydrogen) atoms. The molecule has 3 heterocycles. The minimum Gasteiger partial charge on any atom is -0.406 e. The Morgan fingerprint density at radius 1 is 1.21 bits per heavy atom. The molecule has 2 aromatic rings. The van der Waals surface area contributed by atoms with Crippen molar-refractivity contribution in [3.8, 4) is 17.0 Å². The summed E-state index contributed by atoms with van der Waals surface area (Å²) >= 11 is 0. The van der Waals surface area contributed by atoms with Crippen molar-refractivity contribution >= 4 is 5.91 Å². The Bertz CT molecular complexity index is 932. The maximum absolute atomic E-state index is 12.5. The normalized spacial score (nSPS) is 24.5. The zero-order valence-corrected chi connectivity index (χ0v) is 16.1. The van der Waals surface area contributed by atoms with E-state index in [9.17, 15) is 18.0 Å². The van der Waals surface area contributed by atoms with Gasteiger partial charge in [-0.1, -0.05) is 0 Å². The Balaban J connectivity index is 1.57. The molecule has 0 saturated carbocycles. The molecule has 2 saturated heterocycles. The van der Waals surface area contributed by atoms with Gasteiger partial charge < -0.3 is 9.64 Å². The van der Waals surface area contributed by atoms with Crippen LogP contribution in [0.2, 0.25) is 0 Å². The van der Waals surface area contributed by atoms with Crippen molar-refractivity contribution in [3.63, 3.8) is 0 Å². The summed E-state index contributed by atoms with van der Waals surface area (Å²) < 4.78 is 40.9. The number of nitrogens with zero attached hydrogens (tertiary/aromatic N) is 3. The quantitative estimate of drug-likeness (QED) is 0.847. The molecule has 4 rings (SSSR count). The fourth-order valence-corrected chi connectivity index (χ4v) is 4.08. The highest BCUT2D eigenvalue weighted by Gasteiger charge is 2.50. The predicted molar refractivity (Wildman–Crippen MR) is 99.0 cm³/mol. The Morgan fingerprint density at radius 2 is 1.93 bits per heavy atom. The summed E-state index contributed by atoms with van der Waals surface area (Å²) in [7, 11) is 1.81. The van der Waals surface area contributed by atoms with Crippen LogP contribution in [-0.2, 0) is 4.79 Å². The van der Waals surface area contributed by atoms with Gasteiger partial charge in [-0.05, 0) is 56.5 Å².